The second kappa shape index (κ2) is 8.33. The summed E-state index contributed by atoms with van der Waals surface area (Å²) < 4.78 is 3.80. The van der Waals surface area contributed by atoms with Crippen molar-refractivity contribution in [3.63, 3.8) is 0 Å². The van der Waals surface area contributed by atoms with E-state index in [-0.39, 0.29) is 6.04 Å². The minimum atomic E-state index is 0.0570. The zero-order valence-electron chi connectivity index (χ0n) is 14.7. The van der Waals surface area contributed by atoms with Gasteiger partial charge in [-0.25, -0.2) is 0 Å². The largest absolute Gasteiger partial charge is 0.354 e. The maximum Gasteiger partial charge on any atom is 0.171 e. The Bertz CT molecular complexity index is 870. The fourth-order valence-corrected chi connectivity index (χ4v) is 3.12. The Balaban J connectivity index is 1.56. The molecule has 0 saturated heterocycles. The van der Waals surface area contributed by atoms with Crippen LogP contribution in [0.3, 0.4) is 0 Å². The van der Waals surface area contributed by atoms with Gasteiger partial charge in [0.15, 0.2) is 5.11 Å². The van der Waals surface area contributed by atoms with Crippen molar-refractivity contribution in [1.82, 2.24) is 24.9 Å². The minimum Gasteiger partial charge on any atom is -0.354 e. The summed E-state index contributed by atoms with van der Waals surface area (Å²) >= 11 is 11.3. The second-order valence-electron chi connectivity index (χ2n) is 5.95. The summed E-state index contributed by atoms with van der Waals surface area (Å²) in [6.45, 7) is 5.62. The van der Waals surface area contributed by atoms with Crippen LogP contribution in [0.5, 0.6) is 0 Å². The predicted octanol–water partition coefficient (Wildman–Crippen LogP) is 3.85. The van der Waals surface area contributed by atoms with E-state index >= 15 is 0 Å². The van der Waals surface area contributed by atoms with Gasteiger partial charge in [-0.05, 0) is 49.8 Å². The van der Waals surface area contributed by atoms with Crippen LogP contribution < -0.4 is 10.6 Å². The first-order valence-corrected chi connectivity index (χ1v) is 9.20. The predicted molar refractivity (Wildman–Crippen MR) is 108 cm³/mol. The van der Waals surface area contributed by atoms with Gasteiger partial charge in [-0.3, -0.25) is 9.36 Å². The summed E-state index contributed by atoms with van der Waals surface area (Å²) in [7, 11) is 0. The van der Waals surface area contributed by atoms with Gasteiger partial charge < -0.3 is 10.6 Å². The van der Waals surface area contributed by atoms with Gasteiger partial charge in [0.05, 0.1) is 30.2 Å². The molecule has 3 rings (SSSR count). The van der Waals surface area contributed by atoms with Gasteiger partial charge in [0.2, 0.25) is 0 Å². The zero-order valence-corrected chi connectivity index (χ0v) is 16.3. The Morgan fingerprint density at radius 1 is 1.23 bits per heavy atom. The van der Waals surface area contributed by atoms with Crippen molar-refractivity contribution in [3.05, 3.63) is 65.2 Å². The standard InChI is InChI=1S/C18H21ClN6S/c1-3-25-17(8-9-20-25)13(2)22-18(26)23-16-10-21-24(12-16)11-14-4-6-15(19)7-5-14/h4-10,12-13H,3,11H2,1-2H3,(H2,22,23,26)/t13-/m0/s1. The van der Waals surface area contributed by atoms with Gasteiger partial charge in [-0.2, -0.15) is 10.2 Å². The highest BCUT2D eigenvalue weighted by Gasteiger charge is 2.12. The topological polar surface area (TPSA) is 59.7 Å². The smallest absolute Gasteiger partial charge is 0.171 e. The molecule has 0 aliphatic heterocycles. The Morgan fingerprint density at radius 3 is 2.73 bits per heavy atom. The number of halogens is 1. The summed E-state index contributed by atoms with van der Waals surface area (Å²) in [5.41, 5.74) is 3.06. The molecular formula is C18H21ClN6S. The van der Waals surface area contributed by atoms with Crippen LogP contribution in [0.15, 0.2) is 48.9 Å². The van der Waals surface area contributed by atoms with Crippen LogP contribution in [-0.2, 0) is 13.1 Å². The van der Waals surface area contributed by atoms with Crippen molar-refractivity contribution in [1.29, 1.82) is 0 Å². The molecule has 136 valence electrons. The van der Waals surface area contributed by atoms with Crippen molar-refractivity contribution in [2.45, 2.75) is 33.0 Å². The van der Waals surface area contributed by atoms with Crippen LogP contribution in [0.25, 0.3) is 0 Å². The fraction of sp³-hybridized carbons (Fsp3) is 0.278. The molecule has 0 unspecified atom stereocenters. The van der Waals surface area contributed by atoms with E-state index in [1.54, 1.807) is 12.4 Å². The van der Waals surface area contributed by atoms with Crippen molar-refractivity contribution < 1.29 is 0 Å². The molecule has 0 saturated carbocycles. The van der Waals surface area contributed by atoms with Gasteiger partial charge in [-0.1, -0.05) is 23.7 Å². The number of anilines is 1. The van der Waals surface area contributed by atoms with E-state index in [1.165, 1.54) is 0 Å². The highest BCUT2D eigenvalue weighted by Crippen LogP contribution is 2.14. The second-order valence-corrected chi connectivity index (χ2v) is 6.79. The van der Waals surface area contributed by atoms with Crippen molar-refractivity contribution in [2.75, 3.05) is 5.32 Å². The summed E-state index contributed by atoms with van der Waals surface area (Å²) in [4.78, 5) is 0. The molecule has 8 heteroatoms. The number of nitrogens with zero attached hydrogens (tertiary/aromatic N) is 4. The average Bonchev–Trinajstić information content (AvgIpc) is 3.26. The molecule has 1 aromatic carbocycles. The molecule has 1 atom stereocenters. The quantitative estimate of drug-likeness (QED) is 0.628. The van der Waals surface area contributed by atoms with Crippen LogP contribution in [0, 0.1) is 0 Å². The molecule has 0 fully saturated rings. The fourth-order valence-electron chi connectivity index (χ4n) is 2.70. The van der Waals surface area contributed by atoms with E-state index in [9.17, 15) is 0 Å². The van der Waals surface area contributed by atoms with E-state index in [4.69, 9.17) is 23.8 Å². The van der Waals surface area contributed by atoms with Crippen molar-refractivity contribution in [2.24, 2.45) is 0 Å². The van der Waals surface area contributed by atoms with E-state index < -0.39 is 0 Å². The maximum atomic E-state index is 5.91. The number of rotatable bonds is 6. The summed E-state index contributed by atoms with van der Waals surface area (Å²) in [6, 6.07) is 9.78. The number of aryl methyl sites for hydroxylation is 1. The third kappa shape index (κ3) is 4.62. The number of hydrogen-bond donors (Lipinski definition) is 2. The zero-order chi connectivity index (χ0) is 18.5. The number of thiocarbonyl (C=S) groups is 1. The summed E-state index contributed by atoms with van der Waals surface area (Å²) in [5.74, 6) is 0. The maximum absolute atomic E-state index is 5.91. The summed E-state index contributed by atoms with van der Waals surface area (Å²) in [6.07, 6.45) is 5.47. The molecule has 26 heavy (non-hydrogen) atoms. The molecule has 6 nitrogen and oxygen atoms in total. The molecule has 0 spiro atoms. The van der Waals surface area contributed by atoms with Crippen LogP contribution in [0.4, 0.5) is 5.69 Å². The molecule has 0 radical (unpaired) electrons. The molecule has 0 amide bonds. The highest BCUT2D eigenvalue weighted by atomic mass is 35.5. The highest BCUT2D eigenvalue weighted by molar-refractivity contribution is 7.80. The molecular weight excluding hydrogens is 368 g/mol. The van der Waals surface area contributed by atoms with Gasteiger partial charge in [0.25, 0.3) is 0 Å². The van der Waals surface area contributed by atoms with E-state index in [1.807, 2.05) is 45.9 Å². The lowest BCUT2D eigenvalue weighted by molar-refractivity contribution is 0.568. The van der Waals surface area contributed by atoms with Crippen LogP contribution >= 0.6 is 23.8 Å². The Kier molecular flexibility index (Phi) is 5.90. The molecule has 2 N–H and O–H groups in total. The number of benzene rings is 1. The lowest BCUT2D eigenvalue weighted by atomic mass is 10.2. The Labute approximate surface area is 163 Å². The summed E-state index contributed by atoms with van der Waals surface area (Å²) in [5, 5.41) is 16.4. The van der Waals surface area contributed by atoms with Gasteiger partial charge in [0, 0.05) is 24.0 Å². The molecule has 0 bridgehead atoms. The Hall–Kier alpha value is -2.38. The molecule has 0 aliphatic carbocycles. The van der Waals surface area contributed by atoms with E-state index in [2.05, 4.69) is 34.7 Å². The van der Waals surface area contributed by atoms with Gasteiger partial charge in [0.1, 0.15) is 0 Å². The minimum absolute atomic E-state index is 0.0570. The molecule has 3 aromatic rings. The van der Waals surface area contributed by atoms with E-state index in [0.717, 1.165) is 28.5 Å². The van der Waals surface area contributed by atoms with Crippen LogP contribution in [0.1, 0.15) is 31.1 Å². The third-order valence-electron chi connectivity index (χ3n) is 3.99. The molecule has 0 aliphatic rings. The number of nitrogens with one attached hydrogen (secondary N) is 2. The van der Waals surface area contributed by atoms with Gasteiger partial charge >= 0.3 is 0 Å². The third-order valence-corrected chi connectivity index (χ3v) is 4.46. The van der Waals surface area contributed by atoms with E-state index in [0.29, 0.717) is 11.7 Å². The lowest BCUT2D eigenvalue weighted by Gasteiger charge is -2.17. The SMILES string of the molecule is CCn1nccc1[C@H](C)NC(=S)Nc1cnn(Cc2ccc(Cl)cc2)c1. The van der Waals surface area contributed by atoms with Crippen LogP contribution in [-0.4, -0.2) is 24.7 Å². The monoisotopic (exact) mass is 388 g/mol. The number of hydrogen-bond acceptors (Lipinski definition) is 3. The van der Waals surface area contributed by atoms with Crippen molar-refractivity contribution >= 4 is 34.6 Å². The van der Waals surface area contributed by atoms with Crippen molar-refractivity contribution in [3.8, 4) is 0 Å². The normalized spacial score (nSPS) is 12.0. The lowest BCUT2D eigenvalue weighted by Crippen LogP contribution is -2.32. The van der Waals surface area contributed by atoms with Crippen LogP contribution in [0.2, 0.25) is 5.02 Å². The molecule has 2 aromatic heterocycles. The Morgan fingerprint density at radius 2 is 2.00 bits per heavy atom. The van der Waals surface area contributed by atoms with Gasteiger partial charge in [-0.15, -0.1) is 0 Å². The first-order valence-electron chi connectivity index (χ1n) is 8.41. The number of aromatic nitrogens is 4. The molecule has 2 heterocycles. The average molecular weight is 389 g/mol. The first-order chi connectivity index (χ1) is 12.5. The first kappa shape index (κ1) is 18.4.